The van der Waals surface area contributed by atoms with Crippen LogP contribution in [0.25, 0.3) is 0 Å². The van der Waals surface area contributed by atoms with E-state index in [0.29, 0.717) is 23.1 Å². The first kappa shape index (κ1) is 21.9. The van der Waals surface area contributed by atoms with Crippen molar-refractivity contribution in [3.8, 4) is 0 Å². The molecule has 3 amide bonds. The highest BCUT2D eigenvalue weighted by molar-refractivity contribution is 6.42. The first-order chi connectivity index (χ1) is 15.4. The molecular formula is C24H27Cl2N3O3. The first-order valence-corrected chi connectivity index (χ1v) is 12.2. The zero-order valence-corrected chi connectivity index (χ0v) is 19.4. The van der Waals surface area contributed by atoms with Crippen LogP contribution in [0, 0.1) is 23.7 Å². The van der Waals surface area contributed by atoms with Crippen LogP contribution >= 0.6 is 23.2 Å². The molecule has 0 N–H and O–H groups in total. The predicted molar refractivity (Wildman–Crippen MR) is 122 cm³/mol. The third-order valence-electron chi connectivity index (χ3n) is 7.45. The number of hydrogen-bond donors (Lipinski definition) is 0. The van der Waals surface area contributed by atoms with Gasteiger partial charge in [-0.2, -0.15) is 0 Å². The Morgan fingerprint density at radius 1 is 1.00 bits per heavy atom. The van der Waals surface area contributed by atoms with E-state index in [1.807, 2.05) is 6.07 Å². The van der Waals surface area contributed by atoms with E-state index in [-0.39, 0.29) is 47.9 Å². The molecule has 3 fully saturated rings. The fraction of sp³-hybridized carbons (Fsp3) is 0.542. The molecule has 2 saturated heterocycles. The summed E-state index contributed by atoms with van der Waals surface area (Å²) in [4.78, 5) is 44.6. The van der Waals surface area contributed by atoms with Gasteiger partial charge in [0.05, 0.1) is 21.9 Å². The Morgan fingerprint density at radius 3 is 2.28 bits per heavy atom. The number of fused-ring (bicyclic) bond motifs is 5. The van der Waals surface area contributed by atoms with Gasteiger partial charge in [0.25, 0.3) is 0 Å². The molecule has 0 aromatic heterocycles. The number of carbonyl (C=O) groups excluding carboxylic acids is 3. The number of amides is 3. The lowest BCUT2D eigenvalue weighted by Crippen LogP contribution is -2.45. The van der Waals surface area contributed by atoms with Crippen molar-refractivity contribution in [1.29, 1.82) is 0 Å². The molecule has 2 heterocycles. The molecule has 0 radical (unpaired) electrons. The number of likely N-dealkylation sites (tertiary alicyclic amines) is 2. The van der Waals surface area contributed by atoms with Crippen LogP contribution in [-0.2, 0) is 20.9 Å². The van der Waals surface area contributed by atoms with Gasteiger partial charge in [-0.3, -0.25) is 19.3 Å². The Hall–Kier alpha value is -1.89. The zero-order chi connectivity index (χ0) is 22.4. The molecule has 2 aliphatic heterocycles. The lowest BCUT2D eigenvalue weighted by molar-refractivity contribution is -0.147. The number of benzene rings is 1. The van der Waals surface area contributed by atoms with Crippen LogP contribution in [0.4, 0.5) is 0 Å². The predicted octanol–water partition coefficient (Wildman–Crippen LogP) is 3.22. The minimum atomic E-state index is -0.279. The van der Waals surface area contributed by atoms with E-state index in [1.54, 1.807) is 17.0 Å². The summed E-state index contributed by atoms with van der Waals surface area (Å²) in [7, 11) is 0. The Balaban J connectivity index is 1.30. The Bertz CT molecular complexity index is 945. The SMILES string of the molecule is O=C(CN1C(=O)C2C3C=CC(C3)C2C1=O)N(CCN1CCCC1)Cc1ccc(Cl)c(Cl)c1. The molecule has 32 heavy (non-hydrogen) atoms. The van der Waals surface area contributed by atoms with Crippen LogP contribution in [0.1, 0.15) is 24.8 Å². The van der Waals surface area contributed by atoms with Crippen LogP contribution in [0.5, 0.6) is 0 Å². The molecule has 170 valence electrons. The Kier molecular flexibility index (Phi) is 6.03. The van der Waals surface area contributed by atoms with Crippen molar-refractivity contribution in [3.63, 3.8) is 0 Å². The van der Waals surface area contributed by atoms with Crippen molar-refractivity contribution in [2.24, 2.45) is 23.7 Å². The highest BCUT2D eigenvalue weighted by atomic mass is 35.5. The van der Waals surface area contributed by atoms with Crippen molar-refractivity contribution in [1.82, 2.24) is 14.7 Å². The molecule has 1 aromatic carbocycles. The van der Waals surface area contributed by atoms with Gasteiger partial charge in [-0.15, -0.1) is 0 Å². The molecule has 6 nitrogen and oxygen atoms in total. The largest absolute Gasteiger partial charge is 0.336 e. The van der Waals surface area contributed by atoms with Crippen LogP contribution < -0.4 is 0 Å². The van der Waals surface area contributed by atoms with Gasteiger partial charge in [0.2, 0.25) is 17.7 Å². The van der Waals surface area contributed by atoms with Crippen molar-refractivity contribution >= 4 is 40.9 Å². The summed E-state index contributed by atoms with van der Waals surface area (Å²) in [6.45, 7) is 3.56. The molecule has 4 aliphatic rings. The Morgan fingerprint density at radius 2 is 1.66 bits per heavy atom. The van der Waals surface area contributed by atoms with Gasteiger partial charge >= 0.3 is 0 Å². The van der Waals surface area contributed by atoms with E-state index in [1.165, 1.54) is 17.7 Å². The van der Waals surface area contributed by atoms with E-state index in [4.69, 9.17) is 23.2 Å². The molecule has 2 bridgehead atoms. The van der Waals surface area contributed by atoms with Gasteiger partial charge in [-0.25, -0.2) is 0 Å². The van der Waals surface area contributed by atoms with Crippen molar-refractivity contribution in [3.05, 3.63) is 46.0 Å². The second-order valence-corrected chi connectivity index (χ2v) is 10.2. The minimum absolute atomic E-state index is 0.143. The summed E-state index contributed by atoms with van der Waals surface area (Å²) in [6, 6.07) is 5.34. The number of allylic oxidation sites excluding steroid dienone is 2. The summed E-state index contributed by atoms with van der Waals surface area (Å²) in [6.07, 6.45) is 7.37. The van der Waals surface area contributed by atoms with E-state index in [2.05, 4.69) is 17.1 Å². The quantitative estimate of drug-likeness (QED) is 0.448. The van der Waals surface area contributed by atoms with Gasteiger partial charge in [-0.1, -0.05) is 41.4 Å². The summed E-state index contributed by atoms with van der Waals surface area (Å²) >= 11 is 12.2. The first-order valence-electron chi connectivity index (χ1n) is 11.4. The number of imide groups is 1. The summed E-state index contributed by atoms with van der Waals surface area (Å²) in [5.74, 6) is -0.847. The molecule has 2 aliphatic carbocycles. The topological polar surface area (TPSA) is 60.9 Å². The summed E-state index contributed by atoms with van der Waals surface area (Å²) < 4.78 is 0. The average molecular weight is 476 g/mol. The standard InChI is InChI=1S/C24H27Cl2N3O3/c25-18-6-3-15(11-19(18)26)13-28(10-9-27-7-1-2-8-27)20(30)14-29-23(31)21-16-4-5-17(12-16)22(21)24(29)32/h3-6,11,16-17,21-22H,1-2,7-10,12-14H2. The smallest absolute Gasteiger partial charge is 0.243 e. The van der Waals surface area contributed by atoms with Gasteiger partial charge < -0.3 is 9.80 Å². The number of hydrogen-bond acceptors (Lipinski definition) is 4. The van der Waals surface area contributed by atoms with Crippen molar-refractivity contribution in [2.45, 2.75) is 25.8 Å². The summed E-state index contributed by atoms with van der Waals surface area (Å²) in [5.41, 5.74) is 0.868. The molecule has 4 unspecified atom stereocenters. The van der Waals surface area contributed by atoms with Crippen LogP contribution in [0.15, 0.2) is 30.4 Å². The fourth-order valence-electron chi connectivity index (χ4n) is 5.77. The third-order valence-corrected chi connectivity index (χ3v) is 8.19. The molecular weight excluding hydrogens is 449 g/mol. The van der Waals surface area contributed by atoms with Crippen molar-refractivity contribution in [2.75, 3.05) is 32.7 Å². The van der Waals surface area contributed by atoms with Gasteiger partial charge in [0.1, 0.15) is 6.54 Å². The summed E-state index contributed by atoms with van der Waals surface area (Å²) in [5, 5.41) is 0.908. The number of carbonyl (C=O) groups is 3. The highest BCUT2D eigenvalue weighted by Gasteiger charge is 2.59. The zero-order valence-electron chi connectivity index (χ0n) is 17.9. The molecule has 1 saturated carbocycles. The second kappa shape index (κ2) is 8.81. The van der Waals surface area contributed by atoms with E-state index >= 15 is 0 Å². The van der Waals surface area contributed by atoms with E-state index in [0.717, 1.165) is 31.6 Å². The fourth-order valence-corrected chi connectivity index (χ4v) is 6.09. The molecule has 1 aromatic rings. The maximum absolute atomic E-state index is 13.3. The number of rotatable bonds is 7. The lowest BCUT2D eigenvalue weighted by atomic mass is 9.85. The Labute approximate surface area is 198 Å². The molecule has 8 heteroatoms. The van der Waals surface area contributed by atoms with Crippen LogP contribution in [0.3, 0.4) is 0 Å². The third kappa shape index (κ3) is 3.97. The van der Waals surface area contributed by atoms with Gasteiger partial charge in [0.15, 0.2) is 0 Å². The normalized spacial score (nSPS) is 28.8. The second-order valence-electron chi connectivity index (χ2n) is 9.38. The maximum Gasteiger partial charge on any atom is 0.243 e. The molecule has 0 spiro atoms. The van der Waals surface area contributed by atoms with Crippen LogP contribution in [0.2, 0.25) is 10.0 Å². The lowest BCUT2D eigenvalue weighted by Gasteiger charge is -2.27. The van der Waals surface area contributed by atoms with E-state index < -0.39 is 0 Å². The maximum atomic E-state index is 13.3. The highest BCUT2D eigenvalue weighted by Crippen LogP contribution is 2.52. The minimum Gasteiger partial charge on any atom is -0.336 e. The molecule has 5 rings (SSSR count). The monoisotopic (exact) mass is 475 g/mol. The van der Waals surface area contributed by atoms with Crippen molar-refractivity contribution < 1.29 is 14.4 Å². The van der Waals surface area contributed by atoms with Crippen LogP contribution in [-0.4, -0.2) is 65.1 Å². The number of nitrogens with zero attached hydrogens (tertiary/aromatic N) is 3. The van der Waals surface area contributed by atoms with Gasteiger partial charge in [-0.05, 0) is 61.9 Å². The molecule has 4 atom stereocenters. The van der Waals surface area contributed by atoms with Gasteiger partial charge in [0, 0.05) is 19.6 Å². The van der Waals surface area contributed by atoms with E-state index in [9.17, 15) is 14.4 Å². The number of halogens is 2. The average Bonchev–Trinajstić information content (AvgIpc) is 3.56.